The zero-order valence-corrected chi connectivity index (χ0v) is 17.4. The third-order valence-corrected chi connectivity index (χ3v) is 6.43. The Hall–Kier alpha value is -2.24. The fraction of sp³-hybridized carbons (Fsp3) is 0.391. The van der Waals surface area contributed by atoms with Crippen LogP contribution in [0.1, 0.15) is 19.4 Å². The van der Waals surface area contributed by atoms with E-state index in [1.165, 1.54) is 10.5 Å². The van der Waals surface area contributed by atoms with Gasteiger partial charge in [-0.15, -0.1) is 0 Å². The Bertz CT molecular complexity index is 848. The summed E-state index contributed by atoms with van der Waals surface area (Å²) in [6.07, 6.45) is 0. The molecule has 2 aromatic carbocycles. The summed E-state index contributed by atoms with van der Waals surface area (Å²) >= 11 is 5.70. The highest BCUT2D eigenvalue weighted by molar-refractivity contribution is 7.80. The number of Topliss-reactive ketones (excluding diaryl/α,β-unsaturated/α-hetero) is 1. The molecule has 2 aromatic rings. The monoisotopic (exact) mass is 394 g/mol. The van der Waals surface area contributed by atoms with Crippen LogP contribution in [0, 0.1) is 10.8 Å². The molecule has 0 aromatic heterocycles. The summed E-state index contributed by atoms with van der Waals surface area (Å²) in [5, 5.41) is 4.05. The molecule has 0 aliphatic carbocycles. The summed E-state index contributed by atoms with van der Waals surface area (Å²) in [4.78, 5) is 17.0. The van der Waals surface area contributed by atoms with Crippen molar-refractivity contribution in [3.05, 3.63) is 66.2 Å². The Balaban J connectivity index is 1.51. The van der Waals surface area contributed by atoms with Crippen LogP contribution in [0.4, 0.5) is 5.69 Å². The maximum Gasteiger partial charge on any atom is 0.173 e. The van der Waals surface area contributed by atoms with Gasteiger partial charge in [-0.3, -0.25) is 4.79 Å². The molecule has 0 radical (unpaired) electrons. The van der Waals surface area contributed by atoms with E-state index in [1.807, 2.05) is 30.3 Å². The average Bonchev–Trinajstić information content (AvgIpc) is 2.66. The van der Waals surface area contributed by atoms with Crippen molar-refractivity contribution in [2.75, 3.05) is 31.5 Å². The van der Waals surface area contributed by atoms with E-state index < -0.39 is 0 Å². The first kappa shape index (κ1) is 19.1. The minimum Gasteiger partial charge on any atom is -0.347 e. The average molecular weight is 395 g/mol. The summed E-state index contributed by atoms with van der Waals surface area (Å²) in [5.74, 6) is 0.399. The van der Waals surface area contributed by atoms with Gasteiger partial charge < -0.3 is 15.1 Å². The molecule has 2 bridgehead atoms. The topological polar surface area (TPSA) is 36.8 Å². The second-order valence-corrected chi connectivity index (χ2v) is 9.26. The fourth-order valence-corrected chi connectivity index (χ4v) is 5.33. The number of rotatable bonds is 3. The summed E-state index contributed by atoms with van der Waals surface area (Å²) in [6.45, 7) is 8.26. The lowest BCUT2D eigenvalue weighted by atomic mass is 9.64. The van der Waals surface area contributed by atoms with Crippen molar-refractivity contribution in [1.29, 1.82) is 0 Å². The summed E-state index contributed by atoms with van der Waals surface area (Å²) in [5.41, 5.74) is 1.56. The molecule has 146 valence electrons. The highest BCUT2D eigenvalue weighted by Gasteiger charge is 2.58. The van der Waals surface area contributed by atoms with Crippen molar-refractivity contribution >= 4 is 28.8 Å². The third kappa shape index (κ3) is 3.69. The Kier molecular flexibility index (Phi) is 4.98. The van der Waals surface area contributed by atoms with E-state index in [4.69, 9.17) is 12.2 Å². The standard InChI is InChI=1S/C23H27N3OS/c1-22-14-25(13-18-9-5-3-6-10-18)15-23(2,20(22)27)17-26(16-22)21(28)24-19-11-7-4-8-12-19/h3-12H,13-17H2,1-2H3,(H,24,28)/p+1/t22-,23+. The maximum absolute atomic E-state index is 13.3. The molecule has 5 heteroatoms. The molecule has 2 aliphatic rings. The number of carbonyl (C=O) groups excluding carboxylic acids is 1. The largest absolute Gasteiger partial charge is 0.347 e. The lowest BCUT2D eigenvalue weighted by Gasteiger charge is -2.53. The molecule has 28 heavy (non-hydrogen) atoms. The molecule has 2 fully saturated rings. The summed E-state index contributed by atoms with van der Waals surface area (Å²) < 4.78 is 0. The molecule has 2 N–H and O–H groups in total. The first-order valence-corrected chi connectivity index (χ1v) is 10.3. The first-order chi connectivity index (χ1) is 13.4. The lowest BCUT2D eigenvalue weighted by Crippen LogP contribution is -3.16. The smallest absolute Gasteiger partial charge is 0.173 e. The summed E-state index contributed by atoms with van der Waals surface area (Å²) in [6, 6.07) is 20.6. The third-order valence-electron chi connectivity index (χ3n) is 6.07. The Morgan fingerprint density at radius 3 is 2.11 bits per heavy atom. The van der Waals surface area contributed by atoms with Gasteiger partial charge in [0.25, 0.3) is 0 Å². The number of fused-ring (bicyclic) bond motifs is 2. The molecule has 2 saturated heterocycles. The van der Waals surface area contributed by atoms with Gasteiger partial charge in [0.15, 0.2) is 10.9 Å². The minimum absolute atomic E-state index is 0.377. The molecule has 0 spiro atoms. The van der Waals surface area contributed by atoms with Crippen LogP contribution in [0.2, 0.25) is 0 Å². The van der Waals surface area contributed by atoms with E-state index in [-0.39, 0.29) is 10.8 Å². The quantitative estimate of drug-likeness (QED) is 0.784. The number of piperidine rings is 2. The number of likely N-dealkylation sites (tertiary alicyclic amines) is 2. The van der Waals surface area contributed by atoms with E-state index in [0.717, 1.165) is 25.3 Å². The van der Waals surface area contributed by atoms with Gasteiger partial charge in [0, 0.05) is 24.3 Å². The molecule has 3 atom stereocenters. The lowest BCUT2D eigenvalue weighted by molar-refractivity contribution is -0.928. The van der Waals surface area contributed by atoms with Gasteiger partial charge in [-0.25, -0.2) is 0 Å². The van der Waals surface area contributed by atoms with Crippen molar-refractivity contribution in [3.8, 4) is 0 Å². The SMILES string of the molecule is C[C@]12CN(C(=S)Nc3ccccc3)C[C@](C)(C[NH+](Cc3ccccc3)C1)C2=O. The van der Waals surface area contributed by atoms with Gasteiger partial charge in [0.2, 0.25) is 0 Å². The molecule has 0 saturated carbocycles. The van der Waals surface area contributed by atoms with Gasteiger partial charge in [-0.2, -0.15) is 0 Å². The van der Waals surface area contributed by atoms with E-state index in [1.54, 1.807) is 0 Å². The number of para-hydroxylation sites is 1. The minimum atomic E-state index is -0.377. The zero-order chi connectivity index (χ0) is 19.8. The second-order valence-electron chi connectivity index (χ2n) is 8.87. The number of anilines is 1. The Morgan fingerprint density at radius 1 is 1.00 bits per heavy atom. The van der Waals surface area contributed by atoms with Gasteiger partial charge in [-0.1, -0.05) is 48.5 Å². The normalized spacial score (nSPS) is 29.4. The number of nitrogens with zero attached hydrogens (tertiary/aromatic N) is 1. The molecule has 2 aliphatic heterocycles. The van der Waals surface area contributed by atoms with Gasteiger partial charge in [0.1, 0.15) is 6.54 Å². The number of quaternary nitrogens is 1. The maximum atomic E-state index is 13.3. The number of benzene rings is 2. The van der Waals surface area contributed by atoms with Crippen molar-refractivity contribution in [2.45, 2.75) is 20.4 Å². The first-order valence-electron chi connectivity index (χ1n) is 9.91. The van der Waals surface area contributed by atoms with Crippen LogP contribution in [0.25, 0.3) is 0 Å². The zero-order valence-electron chi connectivity index (χ0n) is 16.6. The predicted octanol–water partition coefficient (Wildman–Crippen LogP) is 2.38. The Labute approximate surface area is 172 Å². The van der Waals surface area contributed by atoms with Crippen molar-refractivity contribution in [1.82, 2.24) is 4.90 Å². The van der Waals surface area contributed by atoms with Crippen LogP contribution >= 0.6 is 12.2 Å². The molecular weight excluding hydrogens is 366 g/mol. The van der Waals surface area contributed by atoms with Gasteiger partial charge in [-0.05, 0) is 38.2 Å². The number of carbonyl (C=O) groups is 1. The van der Waals surface area contributed by atoms with Crippen molar-refractivity contribution in [3.63, 3.8) is 0 Å². The van der Waals surface area contributed by atoms with Crippen molar-refractivity contribution in [2.24, 2.45) is 10.8 Å². The number of thiocarbonyl (C=S) groups is 1. The highest BCUT2D eigenvalue weighted by atomic mass is 32.1. The van der Waals surface area contributed by atoms with Crippen LogP contribution in [0.15, 0.2) is 60.7 Å². The molecule has 4 rings (SSSR count). The Morgan fingerprint density at radius 2 is 1.54 bits per heavy atom. The van der Waals surface area contributed by atoms with E-state index in [2.05, 4.69) is 54.4 Å². The molecule has 0 amide bonds. The molecule has 2 heterocycles. The number of nitrogens with one attached hydrogen (secondary N) is 2. The number of hydrogen-bond donors (Lipinski definition) is 2. The molecule has 1 unspecified atom stereocenters. The van der Waals surface area contributed by atoms with Crippen molar-refractivity contribution < 1.29 is 9.69 Å². The molecular formula is C23H28N3OS+. The fourth-order valence-electron chi connectivity index (χ4n) is 5.09. The molecule has 4 nitrogen and oxygen atoms in total. The van der Waals surface area contributed by atoms with Gasteiger partial charge >= 0.3 is 0 Å². The number of hydrogen-bond acceptors (Lipinski definition) is 2. The van der Waals surface area contributed by atoms with E-state index in [9.17, 15) is 4.79 Å². The predicted molar refractivity (Wildman–Crippen MR) is 116 cm³/mol. The van der Waals surface area contributed by atoms with Crippen LogP contribution in [-0.2, 0) is 11.3 Å². The van der Waals surface area contributed by atoms with Crippen LogP contribution in [-0.4, -0.2) is 42.0 Å². The van der Waals surface area contributed by atoms with E-state index >= 15 is 0 Å². The van der Waals surface area contributed by atoms with Crippen LogP contribution in [0.3, 0.4) is 0 Å². The summed E-state index contributed by atoms with van der Waals surface area (Å²) in [7, 11) is 0. The van der Waals surface area contributed by atoms with Gasteiger partial charge in [0.05, 0.1) is 23.9 Å². The second kappa shape index (κ2) is 7.30. The number of ketones is 1. The van der Waals surface area contributed by atoms with Crippen LogP contribution in [0.5, 0.6) is 0 Å². The van der Waals surface area contributed by atoms with E-state index in [0.29, 0.717) is 24.0 Å². The van der Waals surface area contributed by atoms with Crippen LogP contribution < -0.4 is 10.2 Å². The highest BCUT2D eigenvalue weighted by Crippen LogP contribution is 2.38.